The minimum Gasteiger partial charge on any atom is -0.481 e. The predicted octanol–water partition coefficient (Wildman–Crippen LogP) is 4.68. The number of carboxylic acid groups (broad SMARTS) is 1. The molecule has 0 aromatic heterocycles. The molecule has 0 bridgehead atoms. The monoisotopic (exact) mass is 343 g/mol. The molecule has 1 atom stereocenters. The first-order chi connectivity index (χ1) is 11.8. The van der Waals surface area contributed by atoms with Gasteiger partial charge >= 0.3 is 5.97 Å². The normalized spacial score (nSPS) is 18.3. The first kappa shape index (κ1) is 19.2. The van der Waals surface area contributed by atoms with Gasteiger partial charge in [0.15, 0.2) is 0 Å². The number of allylic oxidation sites excluding steroid dienone is 1. The molecule has 0 radical (unpaired) electrons. The standard InChI is InChI=1S/C21H29NO3/c1-21(2,3)16-10-12-18(13-11-16)22-17(14-15-19(22)23)8-6-4-5-7-9-20(24)25/h6,8,10-13,17H,4-5,7,9,14-15H2,1-3H3,(H,24,25)/b8-6-/t17-/m0/s1. The van der Waals surface area contributed by atoms with Gasteiger partial charge < -0.3 is 10.0 Å². The molecule has 1 aromatic rings. The second-order valence-corrected chi connectivity index (χ2v) is 7.73. The van der Waals surface area contributed by atoms with E-state index in [1.54, 1.807) is 0 Å². The lowest BCUT2D eigenvalue weighted by Crippen LogP contribution is -2.31. The van der Waals surface area contributed by atoms with Crippen molar-refractivity contribution in [3.63, 3.8) is 0 Å². The van der Waals surface area contributed by atoms with Gasteiger partial charge in [-0.2, -0.15) is 0 Å². The summed E-state index contributed by atoms with van der Waals surface area (Å²) in [6.07, 6.45) is 8.24. The number of hydrogen-bond acceptors (Lipinski definition) is 2. The number of hydrogen-bond donors (Lipinski definition) is 1. The van der Waals surface area contributed by atoms with Gasteiger partial charge in [-0.05, 0) is 48.8 Å². The number of nitrogens with zero attached hydrogens (tertiary/aromatic N) is 1. The Morgan fingerprint density at radius 1 is 1.24 bits per heavy atom. The van der Waals surface area contributed by atoms with Crippen molar-refractivity contribution in [1.29, 1.82) is 0 Å². The molecule has 136 valence electrons. The number of aliphatic carboxylic acids is 1. The molecule has 1 amide bonds. The van der Waals surface area contributed by atoms with E-state index < -0.39 is 5.97 Å². The molecule has 4 heteroatoms. The number of unbranched alkanes of at least 4 members (excludes halogenated alkanes) is 2. The number of anilines is 1. The van der Waals surface area contributed by atoms with Crippen LogP contribution in [-0.4, -0.2) is 23.0 Å². The average molecular weight is 343 g/mol. The Morgan fingerprint density at radius 2 is 1.92 bits per heavy atom. The van der Waals surface area contributed by atoms with Crippen LogP contribution in [0.1, 0.15) is 64.9 Å². The zero-order valence-electron chi connectivity index (χ0n) is 15.5. The van der Waals surface area contributed by atoms with Crippen molar-refractivity contribution >= 4 is 17.6 Å². The largest absolute Gasteiger partial charge is 0.481 e. The summed E-state index contributed by atoms with van der Waals surface area (Å²) in [7, 11) is 0. The van der Waals surface area contributed by atoms with Gasteiger partial charge in [-0.1, -0.05) is 45.1 Å². The predicted molar refractivity (Wildman–Crippen MR) is 101 cm³/mol. The summed E-state index contributed by atoms with van der Waals surface area (Å²) in [5.41, 5.74) is 2.31. The van der Waals surface area contributed by atoms with E-state index in [4.69, 9.17) is 5.11 Å². The SMILES string of the molecule is CC(C)(C)c1ccc(N2C(=O)CC[C@@H]2/C=C\CCCCC(=O)O)cc1. The number of carbonyl (C=O) groups is 2. The summed E-state index contributed by atoms with van der Waals surface area (Å²) in [4.78, 5) is 24.7. The highest BCUT2D eigenvalue weighted by Crippen LogP contribution is 2.30. The summed E-state index contributed by atoms with van der Waals surface area (Å²) in [6.45, 7) is 6.54. The van der Waals surface area contributed by atoms with Crippen LogP contribution in [0.5, 0.6) is 0 Å². The molecule has 1 N–H and O–H groups in total. The van der Waals surface area contributed by atoms with Gasteiger partial charge in [0.2, 0.25) is 5.91 Å². The maximum atomic E-state index is 12.3. The van der Waals surface area contributed by atoms with E-state index in [9.17, 15) is 9.59 Å². The zero-order valence-corrected chi connectivity index (χ0v) is 15.5. The van der Waals surface area contributed by atoms with Crippen molar-refractivity contribution in [2.24, 2.45) is 0 Å². The Labute approximate surface area is 150 Å². The smallest absolute Gasteiger partial charge is 0.303 e. The molecule has 0 saturated carbocycles. The Hall–Kier alpha value is -2.10. The van der Waals surface area contributed by atoms with Crippen LogP contribution in [-0.2, 0) is 15.0 Å². The van der Waals surface area contributed by atoms with E-state index >= 15 is 0 Å². The molecule has 0 unspecified atom stereocenters. The number of carbonyl (C=O) groups excluding carboxylic acids is 1. The first-order valence-corrected chi connectivity index (χ1v) is 9.10. The molecule has 25 heavy (non-hydrogen) atoms. The third kappa shape index (κ3) is 5.45. The minimum absolute atomic E-state index is 0.100. The van der Waals surface area contributed by atoms with Gasteiger partial charge in [-0.3, -0.25) is 9.59 Å². The van der Waals surface area contributed by atoms with E-state index in [0.717, 1.165) is 24.9 Å². The lowest BCUT2D eigenvalue weighted by molar-refractivity contribution is -0.137. The van der Waals surface area contributed by atoms with Gasteiger partial charge in [0.05, 0.1) is 6.04 Å². The fraction of sp³-hybridized carbons (Fsp3) is 0.524. The summed E-state index contributed by atoms with van der Waals surface area (Å²) in [5.74, 6) is -0.570. The highest BCUT2D eigenvalue weighted by Gasteiger charge is 2.30. The second kappa shape index (κ2) is 8.32. The van der Waals surface area contributed by atoms with Crippen LogP contribution in [0.25, 0.3) is 0 Å². The van der Waals surface area contributed by atoms with Crippen molar-refractivity contribution in [1.82, 2.24) is 0 Å². The van der Waals surface area contributed by atoms with E-state index in [-0.39, 0.29) is 23.8 Å². The molecule has 1 saturated heterocycles. The van der Waals surface area contributed by atoms with Crippen molar-refractivity contribution in [2.45, 2.75) is 70.8 Å². The van der Waals surface area contributed by atoms with Crippen LogP contribution in [0.2, 0.25) is 0 Å². The lowest BCUT2D eigenvalue weighted by atomic mass is 9.87. The van der Waals surface area contributed by atoms with E-state index in [1.807, 2.05) is 17.0 Å². The Morgan fingerprint density at radius 3 is 2.52 bits per heavy atom. The highest BCUT2D eigenvalue weighted by atomic mass is 16.4. The highest BCUT2D eigenvalue weighted by molar-refractivity contribution is 5.96. The zero-order chi connectivity index (χ0) is 18.4. The number of carboxylic acids is 1. The maximum Gasteiger partial charge on any atom is 0.303 e. The van der Waals surface area contributed by atoms with Crippen LogP contribution >= 0.6 is 0 Å². The molecule has 0 aliphatic carbocycles. The van der Waals surface area contributed by atoms with Crippen LogP contribution < -0.4 is 4.90 Å². The summed E-state index contributed by atoms with van der Waals surface area (Å²) in [6, 6.07) is 8.39. The van der Waals surface area contributed by atoms with Crippen LogP contribution in [0.15, 0.2) is 36.4 Å². The molecule has 1 aliphatic rings. The van der Waals surface area contributed by atoms with Crippen molar-refractivity contribution in [3.8, 4) is 0 Å². The molecule has 0 spiro atoms. The first-order valence-electron chi connectivity index (χ1n) is 9.10. The van der Waals surface area contributed by atoms with Crippen molar-refractivity contribution in [3.05, 3.63) is 42.0 Å². The van der Waals surface area contributed by atoms with Gasteiger partial charge in [0.25, 0.3) is 0 Å². The van der Waals surface area contributed by atoms with Crippen molar-refractivity contribution in [2.75, 3.05) is 4.90 Å². The minimum atomic E-state index is -0.741. The second-order valence-electron chi connectivity index (χ2n) is 7.73. The number of benzene rings is 1. The number of rotatable bonds is 7. The summed E-state index contributed by atoms with van der Waals surface area (Å²) >= 11 is 0. The average Bonchev–Trinajstić information content (AvgIpc) is 2.90. The molecule has 4 nitrogen and oxygen atoms in total. The summed E-state index contributed by atoms with van der Waals surface area (Å²) in [5, 5.41) is 8.64. The Kier molecular flexibility index (Phi) is 6.40. The molecule has 1 aliphatic heterocycles. The maximum absolute atomic E-state index is 12.3. The molecule has 1 fully saturated rings. The van der Waals surface area contributed by atoms with Crippen LogP contribution in [0, 0.1) is 0 Å². The Bertz CT molecular complexity index is 626. The third-order valence-electron chi connectivity index (χ3n) is 4.64. The van der Waals surface area contributed by atoms with Gasteiger partial charge in [-0.25, -0.2) is 0 Å². The molecular weight excluding hydrogens is 314 g/mol. The number of amides is 1. The Balaban J connectivity index is 1.98. The molecule has 1 aromatic carbocycles. The fourth-order valence-electron chi connectivity index (χ4n) is 3.14. The molecular formula is C21H29NO3. The molecule has 1 heterocycles. The van der Waals surface area contributed by atoms with Gasteiger partial charge in [0, 0.05) is 18.5 Å². The van der Waals surface area contributed by atoms with E-state index in [0.29, 0.717) is 12.8 Å². The topological polar surface area (TPSA) is 57.6 Å². The molecule has 2 rings (SSSR count). The van der Waals surface area contributed by atoms with E-state index in [2.05, 4.69) is 45.1 Å². The van der Waals surface area contributed by atoms with Gasteiger partial charge in [0.1, 0.15) is 0 Å². The quantitative estimate of drug-likeness (QED) is 0.577. The fourth-order valence-corrected chi connectivity index (χ4v) is 3.14. The third-order valence-corrected chi connectivity index (χ3v) is 4.64. The summed E-state index contributed by atoms with van der Waals surface area (Å²) < 4.78 is 0. The van der Waals surface area contributed by atoms with Crippen LogP contribution in [0.4, 0.5) is 5.69 Å². The van der Waals surface area contributed by atoms with Crippen LogP contribution in [0.3, 0.4) is 0 Å². The van der Waals surface area contributed by atoms with Gasteiger partial charge in [-0.15, -0.1) is 0 Å². The van der Waals surface area contributed by atoms with E-state index in [1.165, 1.54) is 5.56 Å². The lowest BCUT2D eigenvalue weighted by Gasteiger charge is -2.25. The van der Waals surface area contributed by atoms with Crippen molar-refractivity contribution < 1.29 is 14.7 Å².